The predicted molar refractivity (Wildman–Crippen MR) is 110 cm³/mol. The van der Waals surface area contributed by atoms with Gasteiger partial charge in [0.05, 0.1) is 18.7 Å². The van der Waals surface area contributed by atoms with Crippen molar-refractivity contribution in [3.63, 3.8) is 0 Å². The molecule has 1 atom stereocenters. The Balaban J connectivity index is 1.73. The van der Waals surface area contributed by atoms with Crippen molar-refractivity contribution < 1.29 is 19.1 Å². The maximum Gasteiger partial charge on any atom is 0.332 e. The number of hydrogen-bond donors (Lipinski definition) is 0. The van der Waals surface area contributed by atoms with Crippen LogP contribution in [0, 0.1) is 5.41 Å². The highest BCUT2D eigenvalue weighted by atomic mass is 16.5. The number of urea groups is 1. The van der Waals surface area contributed by atoms with Gasteiger partial charge < -0.3 is 9.64 Å². The summed E-state index contributed by atoms with van der Waals surface area (Å²) in [5, 5.41) is 0.896. The molecule has 156 valence electrons. The van der Waals surface area contributed by atoms with Crippen LogP contribution in [0.4, 0.5) is 10.6 Å². The molecule has 4 heterocycles. The number of carbonyl (C=O) groups is 3. The van der Waals surface area contributed by atoms with Crippen LogP contribution in [0.1, 0.15) is 24.8 Å². The summed E-state index contributed by atoms with van der Waals surface area (Å²) >= 11 is 0. The number of anilines is 1. The smallest absolute Gasteiger partial charge is 0.332 e. The minimum absolute atomic E-state index is 0.239. The van der Waals surface area contributed by atoms with Gasteiger partial charge in [-0.3, -0.25) is 19.4 Å². The fraction of sp³-hybridized carbons (Fsp3) is 0.455. The molecule has 4 amide bonds. The molecule has 2 fully saturated rings. The van der Waals surface area contributed by atoms with Crippen LogP contribution in [0.3, 0.4) is 0 Å². The molecule has 1 aromatic heterocycles. The molecule has 0 unspecified atom stereocenters. The quantitative estimate of drug-likeness (QED) is 0.673. The Morgan fingerprint density at radius 3 is 2.50 bits per heavy atom. The number of nitrogens with zero attached hydrogens (tertiary/aromatic N) is 4. The topological polar surface area (TPSA) is 83.0 Å². The Bertz CT molecular complexity index is 1070. The normalized spacial score (nSPS) is 23.1. The van der Waals surface area contributed by atoms with Gasteiger partial charge in [0.1, 0.15) is 11.6 Å². The Morgan fingerprint density at radius 1 is 1.07 bits per heavy atom. The van der Waals surface area contributed by atoms with Crippen molar-refractivity contribution in [3.05, 3.63) is 29.8 Å². The fourth-order valence-corrected chi connectivity index (χ4v) is 5.33. The predicted octanol–water partition coefficient (Wildman–Crippen LogP) is 2.20. The second-order valence-corrected chi connectivity index (χ2v) is 8.39. The first-order valence-corrected chi connectivity index (χ1v) is 10.2. The number of aromatic nitrogens is 1. The molecule has 1 spiro atoms. The van der Waals surface area contributed by atoms with E-state index >= 15 is 0 Å². The number of piperidine rings is 1. The van der Waals surface area contributed by atoms with Crippen molar-refractivity contribution in [1.82, 2.24) is 14.8 Å². The van der Waals surface area contributed by atoms with Gasteiger partial charge in [0, 0.05) is 32.4 Å². The van der Waals surface area contributed by atoms with Crippen molar-refractivity contribution >= 4 is 34.6 Å². The summed E-state index contributed by atoms with van der Waals surface area (Å²) in [4.78, 5) is 48.6. The SMILES string of the molecule is COc1ccc2nc3c(cc2c1)CC1(C(=O)N(C)C(=O)N(C)C1=O)[C@H]1CCCCN31. The van der Waals surface area contributed by atoms with E-state index in [2.05, 4.69) is 4.90 Å². The number of fused-ring (bicyclic) bond motifs is 5. The molecule has 0 radical (unpaired) electrons. The molecular formula is C22H24N4O4. The minimum atomic E-state index is -1.31. The number of barbiturate groups is 1. The lowest BCUT2D eigenvalue weighted by Gasteiger charge is -2.54. The van der Waals surface area contributed by atoms with E-state index in [1.54, 1.807) is 7.11 Å². The average molecular weight is 408 g/mol. The minimum Gasteiger partial charge on any atom is -0.497 e. The van der Waals surface area contributed by atoms with Gasteiger partial charge in [-0.05, 0) is 49.1 Å². The van der Waals surface area contributed by atoms with E-state index in [-0.39, 0.29) is 12.5 Å². The summed E-state index contributed by atoms with van der Waals surface area (Å²) in [5.74, 6) is 0.735. The molecule has 5 rings (SSSR count). The first-order chi connectivity index (χ1) is 14.4. The zero-order chi connectivity index (χ0) is 21.2. The van der Waals surface area contributed by atoms with Gasteiger partial charge in [-0.15, -0.1) is 0 Å². The third kappa shape index (κ3) is 2.33. The first-order valence-electron chi connectivity index (χ1n) is 10.2. The molecular weight excluding hydrogens is 384 g/mol. The molecule has 2 saturated heterocycles. The maximum atomic E-state index is 13.5. The van der Waals surface area contributed by atoms with Crippen LogP contribution < -0.4 is 9.64 Å². The van der Waals surface area contributed by atoms with Crippen molar-refractivity contribution in [3.8, 4) is 5.75 Å². The molecule has 0 saturated carbocycles. The van der Waals surface area contributed by atoms with E-state index in [4.69, 9.17) is 9.72 Å². The van der Waals surface area contributed by atoms with E-state index in [0.717, 1.165) is 63.6 Å². The number of imide groups is 2. The van der Waals surface area contributed by atoms with Crippen molar-refractivity contribution in [2.45, 2.75) is 31.7 Å². The summed E-state index contributed by atoms with van der Waals surface area (Å²) < 4.78 is 5.34. The Labute approximate surface area is 174 Å². The molecule has 3 aliphatic heterocycles. The molecule has 3 aliphatic rings. The number of methoxy groups -OCH3 is 1. The zero-order valence-electron chi connectivity index (χ0n) is 17.3. The third-order valence-corrected chi connectivity index (χ3v) is 6.84. The van der Waals surface area contributed by atoms with Gasteiger partial charge >= 0.3 is 6.03 Å². The second kappa shape index (κ2) is 6.42. The lowest BCUT2D eigenvalue weighted by Crippen LogP contribution is -2.72. The highest BCUT2D eigenvalue weighted by Gasteiger charge is 2.63. The molecule has 30 heavy (non-hydrogen) atoms. The van der Waals surface area contributed by atoms with E-state index in [9.17, 15) is 14.4 Å². The van der Waals surface area contributed by atoms with Gasteiger partial charge in [-0.2, -0.15) is 0 Å². The molecule has 1 aromatic carbocycles. The number of benzene rings is 1. The van der Waals surface area contributed by atoms with Gasteiger partial charge in [0.15, 0.2) is 5.41 Å². The van der Waals surface area contributed by atoms with Crippen molar-refractivity contribution in [1.29, 1.82) is 0 Å². The zero-order valence-corrected chi connectivity index (χ0v) is 17.3. The van der Waals surface area contributed by atoms with Gasteiger partial charge in [0.2, 0.25) is 11.8 Å². The summed E-state index contributed by atoms with van der Waals surface area (Å²) in [6, 6.07) is 6.83. The van der Waals surface area contributed by atoms with Crippen LogP contribution in [0.25, 0.3) is 10.9 Å². The van der Waals surface area contributed by atoms with Gasteiger partial charge in [0.25, 0.3) is 0 Å². The summed E-state index contributed by atoms with van der Waals surface area (Å²) in [6.07, 6.45) is 2.87. The first kappa shape index (κ1) is 18.8. The number of pyridine rings is 1. The summed E-state index contributed by atoms with van der Waals surface area (Å²) in [6.45, 7) is 0.732. The van der Waals surface area contributed by atoms with Crippen LogP contribution in [-0.4, -0.2) is 66.4 Å². The van der Waals surface area contributed by atoms with E-state index in [0.29, 0.717) is 0 Å². The highest BCUT2D eigenvalue weighted by molar-refractivity contribution is 6.20. The van der Waals surface area contributed by atoms with Crippen LogP contribution in [0.15, 0.2) is 24.3 Å². The van der Waals surface area contributed by atoms with Crippen LogP contribution in [0.2, 0.25) is 0 Å². The average Bonchev–Trinajstić information content (AvgIpc) is 2.78. The molecule has 0 N–H and O–H groups in total. The molecule has 0 bridgehead atoms. The maximum absolute atomic E-state index is 13.5. The molecule has 8 heteroatoms. The van der Waals surface area contributed by atoms with Crippen LogP contribution in [0.5, 0.6) is 5.75 Å². The highest BCUT2D eigenvalue weighted by Crippen LogP contribution is 2.48. The van der Waals surface area contributed by atoms with Crippen LogP contribution >= 0.6 is 0 Å². The Morgan fingerprint density at radius 2 is 1.80 bits per heavy atom. The largest absolute Gasteiger partial charge is 0.497 e. The van der Waals surface area contributed by atoms with E-state index in [1.807, 2.05) is 24.3 Å². The molecule has 2 aromatic rings. The number of rotatable bonds is 1. The number of hydrogen-bond acceptors (Lipinski definition) is 6. The number of amides is 4. The lowest BCUT2D eigenvalue weighted by atomic mass is 9.66. The number of carbonyl (C=O) groups excluding carboxylic acids is 3. The summed E-state index contributed by atoms with van der Waals surface area (Å²) in [5.41, 5.74) is 0.395. The second-order valence-electron chi connectivity index (χ2n) is 8.39. The van der Waals surface area contributed by atoms with Crippen molar-refractivity contribution in [2.75, 3.05) is 32.6 Å². The third-order valence-electron chi connectivity index (χ3n) is 6.84. The van der Waals surface area contributed by atoms with Crippen molar-refractivity contribution in [2.24, 2.45) is 5.41 Å². The van der Waals surface area contributed by atoms with Gasteiger partial charge in [-0.1, -0.05) is 0 Å². The standard InChI is InChI=1S/C22H24N4O4/c1-24-19(27)22(20(28)25(2)21(24)29)12-14-10-13-11-15(30-3)7-8-16(13)23-18(14)26-9-5-4-6-17(22)26/h7-8,10-11,17H,4-6,9,12H2,1-3H3/t17-/m1/s1. The monoisotopic (exact) mass is 408 g/mol. The number of ether oxygens (including phenoxy) is 1. The fourth-order valence-electron chi connectivity index (χ4n) is 5.33. The van der Waals surface area contributed by atoms with Gasteiger partial charge in [-0.25, -0.2) is 9.78 Å². The lowest BCUT2D eigenvalue weighted by molar-refractivity contribution is -0.159. The van der Waals surface area contributed by atoms with E-state index in [1.165, 1.54) is 14.1 Å². The van der Waals surface area contributed by atoms with Crippen LogP contribution in [-0.2, 0) is 16.0 Å². The molecule has 8 nitrogen and oxygen atoms in total. The summed E-state index contributed by atoms with van der Waals surface area (Å²) in [7, 11) is 4.53. The Hall–Kier alpha value is -3.16. The molecule has 0 aliphatic carbocycles. The Kier molecular flexibility index (Phi) is 4.03. The van der Waals surface area contributed by atoms with E-state index < -0.39 is 23.3 Å².